The number of rotatable bonds is 4. The molecule has 3 aliphatic heterocycles. The first-order chi connectivity index (χ1) is 15.5. The molecule has 0 spiro atoms. The van der Waals surface area contributed by atoms with Gasteiger partial charge in [-0.2, -0.15) is 18.3 Å². The molecule has 35 heavy (non-hydrogen) atoms. The summed E-state index contributed by atoms with van der Waals surface area (Å²) < 4.78 is 0. The molecule has 3 heterocycles. The zero-order valence-electron chi connectivity index (χ0n) is 20.3. The van der Waals surface area contributed by atoms with Crippen LogP contribution in [0.4, 0.5) is 0 Å². The summed E-state index contributed by atoms with van der Waals surface area (Å²) in [5.74, 6) is 0. The van der Waals surface area contributed by atoms with Crippen molar-refractivity contribution < 1.29 is 82.3 Å². The first-order valence-corrected chi connectivity index (χ1v) is 11.0. The van der Waals surface area contributed by atoms with Gasteiger partial charge < -0.3 is 31.6 Å². The summed E-state index contributed by atoms with van der Waals surface area (Å²) in [6.45, 7) is 4.37. The topological polar surface area (TPSA) is 237 Å². The second-order valence-electron chi connectivity index (χ2n) is 7.99. The second-order valence-corrected chi connectivity index (χ2v) is 7.99. The monoisotopic (exact) mass is 634 g/mol. The molecule has 2 saturated heterocycles. The van der Waals surface area contributed by atoms with Gasteiger partial charge in [0.1, 0.15) is 9.81 Å². The average molecular weight is 634 g/mol. The molecule has 0 aromatic rings. The predicted octanol–water partition coefficient (Wildman–Crippen LogP) is 2.34. The van der Waals surface area contributed by atoms with E-state index in [1.54, 1.807) is 13.8 Å². The smallest absolute Gasteiger partial charge is 0.686 e. The number of aliphatic hydroxyl groups excluding tert-OH is 2. The molecule has 0 radical (unpaired) electrons. The maximum absolute atomic E-state index is 8.56. The van der Waals surface area contributed by atoms with Crippen LogP contribution in [0.3, 0.4) is 0 Å². The van der Waals surface area contributed by atoms with Crippen LogP contribution in [0.15, 0.2) is 24.4 Å². The van der Waals surface area contributed by atoms with E-state index >= 15 is 0 Å². The molecule has 0 bridgehead atoms. The fourth-order valence-electron chi connectivity index (χ4n) is 3.76. The quantitative estimate of drug-likeness (QED) is 0.198. The molecule has 0 aromatic carbocycles. The van der Waals surface area contributed by atoms with E-state index in [0.717, 1.165) is 6.54 Å². The van der Waals surface area contributed by atoms with Crippen LogP contribution in [0.2, 0.25) is 0 Å². The fourth-order valence-corrected chi connectivity index (χ4v) is 3.76. The van der Waals surface area contributed by atoms with Crippen LogP contribution < -0.4 is 0 Å². The van der Waals surface area contributed by atoms with Crippen LogP contribution in [0.5, 0.6) is 0 Å². The number of hydrogen-bond acceptors (Lipinski definition) is 4. The number of hydrogen-bond donors (Lipinski definition) is 6. The molecule has 3 rings (SSSR count). The Morgan fingerprint density at radius 1 is 0.857 bits per heavy atom. The van der Waals surface area contributed by atoms with E-state index in [4.69, 9.17) is 51.5 Å². The number of piperidine rings is 2. The van der Waals surface area contributed by atoms with Crippen molar-refractivity contribution in [3.05, 3.63) is 50.2 Å². The molecule has 200 valence electrons. The van der Waals surface area contributed by atoms with Crippen LogP contribution in [-0.4, -0.2) is 84.1 Å². The SMILES string of the molecule is C1=C[N-]C(C2CCCC(C3CCCC[N-]3)[N-]2)C=C1.CC(O)CC(C)O.O=[N+](O)O.O=[N+](O)O.[La+3].[OH3+]. The molecule has 2 fully saturated rings. The van der Waals surface area contributed by atoms with Gasteiger partial charge in [-0.25, -0.2) is 20.8 Å². The summed E-state index contributed by atoms with van der Waals surface area (Å²) in [4.78, 5) is 16.9. The van der Waals surface area contributed by atoms with Gasteiger partial charge in [-0.3, -0.25) is 0 Å². The molecule has 6 unspecified atom stereocenters. The Hall–Kier alpha value is -1.33. The largest absolute Gasteiger partial charge is 3.00 e. The van der Waals surface area contributed by atoms with Gasteiger partial charge in [0, 0.05) is 0 Å². The van der Waals surface area contributed by atoms with Gasteiger partial charge in [0.25, 0.3) is 0 Å². The minimum absolute atomic E-state index is 0. The predicted molar refractivity (Wildman–Crippen MR) is 123 cm³/mol. The molecule has 15 heteroatoms. The van der Waals surface area contributed by atoms with E-state index in [1.807, 2.05) is 12.3 Å². The van der Waals surface area contributed by atoms with Gasteiger partial charge in [-0.15, -0.1) is 24.7 Å². The molecule has 6 atom stereocenters. The van der Waals surface area contributed by atoms with Crippen molar-refractivity contribution in [3.8, 4) is 0 Å². The van der Waals surface area contributed by atoms with Gasteiger partial charge in [-0.05, 0) is 20.3 Å². The zero-order valence-corrected chi connectivity index (χ0v) is 23.9. The van der Waals surface area contributed by atoms with Crippen LogP contribution in [-0.2, 0) is 5.48 Å². The Morgan fingerprint density at radius 3 is 1.77 bits per heavy atom. The Kier molecular flexibility index (Phi) is 25.2. The maximum Gasteiger partial charge on any atom is 3.00 e. The first kappa shape index (κ1) is 38.2. The Balaban J connectivity index is -0.000000507. The molecule has 3 aliphatic rings. The summed E-state index contributed by atoms with van der Waals surface area (Å²) >= 11 is 0. The number of allylic oxidation sites excluding steroid dienone is 2. The van der Waals surface area contributed by atoms with Crippen LogP contribution >= 0.6 is 0 Å². The number of nitrogens with zero attached hydrogens (tertiary/aromatic N) is 5. The van der Waals surface area contributed by atoms with E-state index < -0.39 is 10.2 Å². The van der Waals surface area contributed by atoms with Crippen LogP contribution in [0, 0.1) is 45.4 Å². The van der Waals surface area contributed by atoms with Gasteiger partial charge in [0.05, 0.1) is 12.2 Å². The average Bonchev–Trinajstić information content (AvgIpc) is 2.74. The minimum atomic E-state index is -1.25. The third kappa shape index (κ3) is 22.9. The fraction of sp³-hybridized carbons (Fsp3) is 0.800. The third-order valence-electron chi connectivity index (χ3n) is 4.94. The normalized spacial score (nSPS) is 25.9. The summed E-state index contributed by atoms with van der Waals surface area (Å²) in [6, 6.07) is 1.65. The summed E-state index contributed by atoms with van der Waals surface area (Å²) in [5.41, 5.74) is 0. The van der Waals surface area contributed by atoms with Gasteiger partial charge >= 0.3 is 45.8 Å². The summed E-state index contributed by atoms with van der Waals surface area (Å²) in [6.07, 6.45) is 15.5. The van der Waals surface area contributed by atoms with Gasteiger partial charge in [0.2, 0.25) is 0 Å². The first-order valence-electron chi connectivity index (χ1n) is 11.0. The van der Waals surface area contributed by atoms with E-state index in [-0.39, 0.29) is 59.3 Å². The molecule has 0 aromatic heterocycles. The molecular weight excluding hydrogens is 593 g/mol. The zero-order chi connectivity index (χ0) is 25.2. The molecule has 9 N–H and O–H groups in total. The van der Waals surface area contributed by atoms with Crippen molar-refractivity contribution in [2.75, 3.05) is 6.54 Å². The molecule has 14 nitrogen and oxygen atoms in total. The maximum atomic E-state index is 8.56. The Labute approximate surface area is 233 Å². The van der Waals surface area contributed by atoms with Crippen molar-refractivity contribution in [2.45, 2.75) is 95.2 Å². The Morgan fingerprint density at radius 2 is 1.37 bits per heavy atom. The summed E-state index contributed by atoms with van der Waals surface area (Å²) in [5, 5.41) is 56.6. The van der Waals surface area contributed by atoms with Crippen LogP contribution in [0.1, 0.15) is 58.8 Å². The van der Waals surface area contributed by atoms with Crippen molar-refractivity contribution in [1.82, 2.24) is 0 Å². The van der Waals surface area contributed by atoms with Gasteiger partial charge in [0.15, 0.2) is 0 Å². The molecule has 0 saturated carbocycles. The van der Waals surface area contributed by atoms with Crippen molar-refractivity contribution >= 4 is 0 Å². The molecule has 0 amide bonds. The van der Waals surface area contributed by atoms with Crippen molar-refractivity contribution in [3.63, 3.8) is 0 Å². The third-order valence-corrected chi connectivity index (χ3v) is 4.94. The van der Waals surface area contributed by atoms with E-state index in [0.29, 0.717) is 24.5 Å². The Bertz CT molecular complexity index is 580. The second kappa shape index (κ2) is 23.1. The molecule has 0 aliphatic carbocycles. The van der Waals surface area contributed by atoms with E-state index in [2.05, 4.69) is 17.5 Å². The molecular formula is C20H41LaN5O9+3. The van der Waals surface area contributed by atoms with Gasteiger partial charge in [-0.1, -0.05) is 50.7 Å². The van der Waals surface area contributed by atoms with Crippen LogP contribution in [0.25, 0.3) is 16.0 Å². The minimum Gasteiger partial charge on any atom is -0.686 e. The number of aliphatic hydroxyl groups is 2. The van der Waals surface area contributed by atoms with E-state index in [1.165, 1.54) is 38.5 Å². The van der Waals surface area contributed by atoms with Crippen molar-refractivity contribution in [1.29, 1.82) is 0 Å². The standard InChI is InChI=1S/C15H22N3.C5H12O2.La.2H2NO3.H2O/c1-3-10-16-12(6-1)14-8-5-9-15(18-14)13-7-2-4-11-17-13;1-4(6)3-5(2)7;;2*2-1(3)4;/h1,3,6,10,12-15H,2,4-5,7-9,11H2;4-7H,3H2,1-2H3;;2*(H2,2,3,4);1H2/q-3;;+3;2*+1;/p+1. The summed E-state index contributed by atoms with van der Waals surface area (Å²) in [7, 11) is 0. The van der Waals surface area contributed by atoms with Crippen molar-refractivity contribution in [2.24, 2.45) is 0 Å². The van der Waals surface area contributed by atoms with E-state index in [9.17, 15) is 0 Å².